The first-order valence-electron chi connectivity index (χ1n) is 10.4. The average molecular weight is 444 g/mol. The Labute approximate surface area is 178 Å². The van der Waals surface area contributed by atoms with Crippen LogP contribution in [0, 0.1) is 5.92 Å². The Morgan fingerprint density at radius 2 is 1.90 bits per heavy atom. The molecule has 1 saturated heterocycles. The highest BCUT2D eigenvalue weighted by Gasteiger charge is 2.63. The molecule has 1 aliphatic heterocycles. The summed E-state index contributed by atoms with van der Waals surface area (Å²) < 4.78 is 38.0. The molecule has 170 valence electrons. The summed E-state index contributed by atoms with van der Waals surface area (Å²) >= 11 is 0. The summed E-state index contributed by atoms with van der Waals surface area (Å²) in [6.07, 6.45) is 2.60. The second-order valence-electron chi connectivity index (χ2n) is 9.47. The van der Waals surface area contributed by atoms with E-state index < -0.39 is 37.9 Å². The Morgan fingerprint density at radius 1 is 1.27 bits per heavy atom. The molecule has 0 bridgehead atoms. The van der Waals surface area contributed by atoms with Crippen molar-refractivity contribution in [2.24, 2.45) is 5.92 Å². The number of rotatable bonds is 8. The van der Waals surface area contributed by atoms with Crippen molar-refractivity contribution in [3.63, 3.8) is 0 Å². The van der Waals surface area contributed by atoms with Crippen LogP contribution >= 0.6 is 0 Å². The van der Waals surface area contributed by atoms with Crippen molar-refractivity contribution in [1.82, 2.24) is 14.9 Å². The van der Waals surface area contributed by atoms with Gasteiger partial charge in [-0.3, -0.25) is 14.4 Å². The summed E-state index contributed by atoms with van der Waals surface area (Å²) in [4.78, 5) is 27.4. The standard InChI is InChI=1S/C20H33N3O6S/c1-5-15-14-20(15,21-17(25)29-18(2,3)4)16(24)22-30(26,27)19(6-7-19)8-9-23-10-12-28-13-11-23/h5,15H,1,6-14H2,2-4H3,(H,21,25)(H,22,24). The van der Waals surface area contributed by atoms with Crippen LogP contribution in [0.2, 0.25) is 0 Å². The van der Waals surface area contributed by atoms with Crippen molar-refractivity contribution in [2.75, 3.05) is 32.8 Å². The number of alkyl carbamates (subject to hydrolysis) is 1. The molecule has 10 heteroatoms. The second kappa shape index (κ2) is 8.12. The van der Waals surface area contributed by atoms with E-state index in [1.807, 2.05) is 0 Å². The van der Waals surface area contributed by atoms with Crippen LogP contribution < -0.4 is 10.0 Å². The molecule has 2 amide bonds. The predicted molar refractivity (Wildman–Crippen MR) is 111 cm³/mol. The van der Waals surface area contributed by atoms with E-state index in [-0.39, 0.29) is 12.3 Å². The van der Waals surface area contributed by atoms with E-state index in [0.29, 0.717) is 39.0 Å². The van der Waals surface area contributed by atoms with Crippen molar-refractivity contribution in [2.45, 2.75) is 62.3 Å². The van der Waals surface area contributed by atoms with Crippen LogP contribution in [0.1, 0.15) is 46.5 Å². The van der Waals surface area contributed by atoms with E-state index in [1.54, 1.807) is 26.8 Å². The fourth-order valence-corrected chi connectivity index (χ4v) is 5.46. The van der Waals surface area contributed by atoms with Gasteiger partial charge in [-0.2, -0.15) is 0 Å². The first kappa shape index (κ1) is 23.0. The van der Waals surface area contributed by atoms with Crippen LogP contribution in [0.25, 0.3) is 0 Å². The number of nitrogens with one attached hydrogen (secondary N) is 2. The lowest BCUT2D eigenvalue weighted by Crippen LogP contribution is -2.54. The molecule has 30 heavy (non-hydrogen) atoms. The smallest absolute Gasteiger partial charge is 0.408 e. The predicted octanol–water partition coefficient (Wildman–Crippen LogP) is 1.16. The molecule has 3 fully saturated rings. The lowest BCUT2D eigenvalue weighted by atomic mass is 10.2. The van der Waals surface area contributed by atoms with Gasteiger partial charge < -0.3 is 14.8 Å². The van der Waals surface area contributed by atoms with Crippen molar-refractivity contribution in [3.05, 3.63) is 12.7 Å². The van der Waals surface area contributed by atoms with Crippen molar-refractivity contribution >= 4 is 22.0 Å². The minimum Gasteiger partial charge on any atom is -0.444 e. The summed E-state index contributed by atoms with van der Waals surface area (Å²) in [5.74, 6) is -1.07. The molecule has 0 radical (unpaired) electrons. The Bertz CT molecular complexity index is 796. The number of carbonyl (C=O) groups is 2. The Balaban J connectivity index is 1.63. The fraction of sp³-hybridized carbons (Fsp3) is 0.800. The number of amides is 2. The minimum atomic E-state index is -3.88. The van der Waals surface area contributed by atoms with Crippen LogP contribution in [0.3, 0.4) is 0 Å². The highest BCUT2D eigenvalue weighted by Crippen LogP contribution is 2.48. The van der Waals surface area contributed by atoms with E-state index in [4.69, 9.17) is 9.47 Å². The monoisotopic (exact) mass is 443 g/mol. The molecule has 2 N–H and O–H groups in total. The zero-order valence-corrected chi connectivity index (χ0v) is 18.8. The minimum absolute atomic E-state index is 0.290. The zero-order valence-electron chi connectivity index (χ0n) is 18.0. The summed E-state index contributed by atoms with van der Waals surface area (Å²) in [6, 6.07) is 0. The maximum atomic E-state index is 13.0. The normalized spacial score (nSPS) is 28.3. The topological polar surface area (TPSA) is 114 Å². The molecule has 9 nitrogen and oxygen atoms in total. The van der Waals surface area contributed by atoms with Crippen LogP contribution in [-0.4, -0.2) is 74.1 Å². The maximum absolute atomic E-state index is 13.0. The van der Waals surface area contributed by atoms with Crippen molar-refractivity contribution in [1.29, 1.82) is 0 Å². The SMILES string of the molecule is C=CC1CC1(NC(=O)OC(C)(C)C)C(=O)NS(=O)(=O)C1(CCN2CCOCC2)CC1. The van der Waals surface area contributed by atoms with E-state index in [9.17, 15) is 18.0 Å². The molecule has 2 atom stereocenters. The first-order chi connectivity index (χ1) is 13.9. The third-order valence-corrected chi connectivity index (χ3v) is 8.23. The highest BCUT2D eigenvalue weighted by atomic mass is 32.2. The largest absolute Gasteiger partial charge is 0.444 e. The maximum Gasteiger partial charge on any atom is 0.408 e. The lowest BCUT2D eigenvalue weighted by Gasteiger charge is -2.28. The highest BCUT2D eigenvalue weighted by molar-refractivity contribution is 7.91. The molecule has 0 aromatic heterocycles. The summed E-state index contributed by atoms with van der Waals surface area (Å²) in [7, 11) is -3.88. The Hall–Kier alpha value is -1.65. The molecule has 2 saturated carbocycles. The molecule has 3 aliphatic rings. The van der Waals surface area contributed by atoms with Gasteiger partial charge in [-0.25, -0.2) is 13.2 Å². The number of ether oxygens (including phenoxy) is 2. The molecule has 2 aliphatic carbocycles. The number of nitrogens with zero attached hydrogens (tertiary/aromatic N) is 1. The summed E-state index contributed by atoms with van der Waals surface area (Å²) in [5.41, 5.74) is -2.07. The van der Waals surface area contributed by atoms with Gasteiger partial charge in [0.05, 0.1) is 18.0 Å². The average Bonchev–Trinajstić information content (AvgIpc) is 3.54. The van der Waals surface area contributed by atoms with E-state index >= 15 is 0 Å². The van der Waals surface area contributed by atoms with Gasteiger partial charge in [0.25, 0.3) is 5.91 Å². The van der Waals surface area contributed by atoms with Crippen LogP contribution in [-0.2, 0) is 24.3 Å². The Morgan fingerprint density at radius 3 is 2.40 bits per heavy atom. The summed E-state index contributed by atoms with van der Waals surface area (Å²) in [6.45, 7) is 12.3. The van der Waals surface area contributed by atoms with Gasteiger partial charge in [0.15, 0.2) is 0 Å². The van der Waals surface area contributed by atoms with Gasteiger partial charge in [-0.05, 0) is 53.0 Å². The number of morpholine rings is 1. The van der Waals surface area contributed by atoms with Gasteiger partial charge in [0.1, 0.15) is 11.1 Å². The van der Waals surface area contributed by atoms with Crippen LogP contribution in [0.5, 0.6) is 0 Å². The lowest BCUT2D eigenvalue weighted by molar-refractivity contribution is -0.122. The fourth-order valence-electron chi connectivity index (χ4n) is 3.82. The number of hydrogen-bond acceptors (Lipinski definition) is 7. The molecular formula is C20H33N3O6S. The number of sulfonamides is 1. The van der Waals surface area contributed by atoms with Gasteiger partial charge >= 0.3 is 6.09 Å². The van der Waals surface area contributed by atoms with E-state index in [2.05, 4.69) is 21.5 Å². The van der Waals surface area contributed by atoms with Crippen molar-refractivity contribution in [3.8, 4) is 0 Å². The molecule has 2 unspecified atom stereocenters. The second-order valence-corrected chi connectivity index (χ2v) is 11.5. The first-order valence-corrected chi connectivity index (χ1v) is 11.9. The van der Waals surface area contributed by atoms with Gasteiger partial charge in [-0.1, -0.05) is 6.08 Å². The Kier molecular flexibility index (Phi) is 6.23. The third-order valence-electron chi connectivity index (χ3n) is 6.02. The zero-order chi connectivity index (χ0) is 22.2. The molecule has 3 rings (SSSR count). The van der Waals surface area contributed by atoms with Gasteiger partial charge in [0.2, 0.25) is 10.0 Å². The molecule has 0 aromatic carbocycles. The number of hydrogen-bond donors (Lipinski definition) is 2. The molecule has 0 spiro atoms. The van der Waals surface area contributed by atoms with Gasteiger partial charge in [0, 0.05) is 19.0 Å². The quantitative estimate of drug-likeness (QED) is 0.541. The molecular weight excluding hydrogens is 410 g/mol. The molecule has 0 aromatic rings. The third kappa shape index (κ3) is 4.97. The number of carbonyl (C=O) groups excluding carboxylic acids is 2. The molecule has 1 heterocycles. The summed E-state index contributed by atoms with van der Waals surface area (Å²) in [5, 5.41) is 2.57. The van der Waals surface area contributed by atoms with Crippen LogP contribution in [0.4, 0.5) is 4.79 Å². The van der Waals surface area contributed by atoms with Gasteiger partial charge in [-0.15, -0.1) is 6.58 Å². The van der Waals surface area contributed by atoms with Crippen LogP contribution in [0.15, 0.2) is 12.7 Å². The van der Waals surface area contributed by atoms with E-state index in [0.717, 1.165) is 13.1 Å². The van der Waals surface area contributed by atoms with Crippen molar-refractivity contribution < 1.29 is 27.5 Å². The van der Waals surface area contributed by atoms with E-state index in [1.165, 1.54) is 0 Å².